The van der Waals surface area contributed by atoms with Gasteiger partial charge in [-0.3, -0.25) is 0 Å². The second-order valence-electron chi connectivity index (χ2n) is 19.7. The van der Waals surface area contributed by atoms with Gasteiger partial charge in [-0.2, -0.15) is 0 Å². The van der Waals surface area contributed by atoms with Crippen molar-refractivity contribution in [2.75, 3.05) is 20.2 Å². The first-order valence-corrected chi connectivity index (χ1v) is 20.1. The molecule has 0 saturated heterocycles. The summed E-state index contributed by atoms with van der Waals surface area (Å²) in [5.74, 6) is 2.87. The number of nitrogens with one attached hydrogen (secondary N) is 2. The molecule has 6 nitrogen and oxygen atoms in total. The third-order valence-corrected chi connectivity index (χ3v) is 15.8. The first-order valence-electron chi connectivity index (χ1n) is 20.1. The van der Waals surface area contributed by atoms with Crippen LogP contribution in [-0.2, 0) is 9.47 Å². The monoisotopic (exact) mass is 701 g/mol. The number of rotatable bonds is 8. The lowest BCUT2D eigenvalue weighted by Gasteiger charge is -2.72. The fourth-order valence-electron chi connectivity index (χ4n) is 13.4. The molecule has 0 spiro atoms. The Labute approximate surface area is 309 Å². The largest absolute Gasteiger partial charge is 0.465 e. The summed E-state index contributed by atoms with van der Waals surface area (Å²) >= 11 is 0. The maximum atomic E-state index is 12.2. The molecule has 4 fully saturated rings. The molecule has 1 aromatic rings. The quantitative estimate of drug-likeness (QED) is 0.160. The number of esters is 1. The highest BCUT2D eigenvalue weighted by atomic mass is 16.6. The number of alkyl carbamates (subject to hydrolysis) is 1. The molecular formula is C45H68N2O4. The van der Waals surface area contributed by atoms with Crippen molar-refractivity contribution in [3.05, 3.63) is 53.6 Å². The van der Waals surface area contributed by atoms with E-state index in [4.69, 9.17) is 9.47 Å². The van der Waals surface area contributed by atoms with Crippen molar-refractivity contribution in [2.24, 2.45) is 51.2 Å². The molecule has 9 atom stereocenters. The molecule has 51 heavy (non-hydrogen) atoms. The Morgan fingerprint density at radius 2 is 1.59 bits per heavy atom. The summed E-state index contributed by atoms with van der Waals surface area (Å²) in [4.78, 5) is 24.4. The zero-order valence-electron chi connectivity index (χ0n) is 33.6. The Balaban J connectivity index is 1.22. The molecule has 1 amide bonds. The Bertz CT molecular complexity index is 1540. The molecule has 5 aliphatic carbocycles. The second kappa shape index (κ2) is 13.4. The highest BCUT2D eigenvalue weighted by Crippen LogP contribution is 2.76. The second-order valence-corrected chi connectivity index (χ2v) is 19.7. The van der Waals surface area contributed by atoms with E-state index >= 15 is 0 Å². The van der Waals surface area contributed by atoms with Crippen molar-refractivity contribution in [3.63, 3.8) is 0 Å². The van der Waals surface area contributed by atoms with Crippen molar-refractivity contribution in [3.8, 4) is 0 Å². The van der Waals surface area contributed by atoms with Gasteiger partial charge in [-0.05, 0) is 173 Å². The number of benzene rings is 1. The number of fused-ring (bicyclic) bond motifs is 7. The van der Waals surface area contributed by atoms with E-state index in [-0.39, 0.29) is 39.3 Å². The molecule has 5 aliphatic rings. The van der Waals surface area contributed by atoms with Gasteiger partial charge in [0.25, 0.3) is 0 Å². The van der Waals surface area contributed by atoms with Gasteiger partial charge in [0.05, 0.1) is 12.7 Å². The van der Waals surface area contributed by atoms with E-state index in [0.717, 1.165) is 19.4 Å². The van der Waals surface area contributed by atoms with Crippen molar-refractivity contribution in [1.82, 2.24) is 10.6 Å². The number of allylic oxidation sites excluding steroid dienone is 3. The lowest BCUT2D eigenvalue weighted by Crippen LogP contribution is -2.68. The van der Waals surface area contributed by atoms with Crippen molar-refractivity contribution >= 4 is 17.6 Å². The third-order valence-electron chi connectivity index (χ3n) is 15.8. The maximum Gasteiger partial charge on any atom is 0.407 e. The zero-order valence-corrected chi connectivity index (χ0v) is 33.6. The molecule has 6 heteroatoms. The van der Waals surface area contributed by atoms with Gasteiger partial charge in [-0.1, -0.05) is 65.0 Å². The summed E-state index contributed by atoms with van der Waals surface area (Å²) in [5, 5.41) is 7.13. The SMILES string of the molecule is C=C(C)C1CCC2(NCCCNC(=O)OC(C)(C)C)CCC3(C)C(CCC4C5(C)CC=C(c6ccc(C(=O)OC)cc6)C(C)(C)C5CCC43C)C12. The zero-order chi connectivity index (χ0) is 37.2. The van der Waals surface area contributed by atoms with Crippen LogP contribution in [0.25, 0.3) is 5.57 Å². The fourth-order valence-corrected chi connectivity index (χ4v) is 13.4. The predicted molar refractivity (Wildman–Crippen MR) is 207 cm³/mol. The van der Waals surface area contributed by atoms with Crippen LogP contribution in [0, 0.1) is 51.2 Å². The van der Waals surface area contributed by atoms with Crippen molar-refractivity contribution in [2.45, 2.75) is 138 Å². The van der Waals surface area contributed by atoms with E-state index in [2.05, 4.69) is 77.0 Å². The van der Waals surface area contributed by atoms with Crippen molar-refractivity contribution in [1.29, 1.82) is 0 Å². The van der Waals surface area contributed by atoms with Crippen LogP contribution in [0.3, 0.4) is 0 Å². The van der Waals surface area contributed by atoms with Gasteiger partial charge in [0, 0.05) is 12.1 Å². The Morgan fingerprint density at radius 3 is 2.24 bits per heavy atom. The van der Waals surface area contributed by atoms with Crippen LogP contribution in [0.5, 0.6) is 0 Å². The molecular weight excluding hydrogens is 633 g/mol. The van der Waals surface area contributed by atoms with Crippen LogP contribution in [0.2, 0.25) is 0 Å². The number of hydrogen-bond donors (Lipinski definition) is 2. The molecule has 0 radical (unpaired) electrons. The average Bonchev–Trinajstić information content (AvgIpc) is 3.44. The number of carbonyl (C=O) groups excluding carboxylic acids is 2. The summed E-state index contributed by atoms with van der Waals surface area (Å²) < 4.78 is 10.4. The van der Waals surface area contributed by atoms with E-state index in [1.165, 1.54) is 75.2 Å². The molecule has 1 aromatic carbocycles. The van der Waals surface area contributed by atoms with Gasteiger partial charge >= 0.3 is 12.1 Å². The van der Waals surface area contributed by atoms with E-state index in [0.29, 0.717) is 41.7 Å². The number of ether oxygens (including phenoxy) is 2. The molecule has 6 rings (SSSR count). The number of carbonyl (C=O) groups is 2. The maximum absolute atomic E-state index is 12.2. The molecule has 0 bridgehead atoms. The smallest absolute Gasteiger partial charge is 0.407 e. The van der Waals surface area contributed by atoms with E-state index in [9.17, 15) is 9.59 Å². The van der Waals surface area contributed by atoms with E-state index in [1.54, 1.807) is 0 Å². The fraction of sp³-hybridized carbons (Fsp3) is 0.733. The van der Waals surface area contributed by atoms with Crippen LogP contribution < -0.4 is 10.6 Å². The minimum Gasteiger partial charge on any atom is -0.465 e. The number of methoxy groups -OCH3 is 1. The predicted octanol–water partition coefficient (Wildman–Crippen LogP) is 10.4. The highest BCUT2D eigenvalue weighted by Gasteiger charge is 2.70. The Morgan fingerprint density at radius 1 is 0.882 bits per heavy atom. The van der Waals surface area contributed by atoms with Gasteiger partial charge in [-0.25, -0.2) is 9.59 Å². The van der Waals surface area contributed by atoms with Gasteiger partial charge in [0.2, 0.25) is 0 Å². The summed E-state index contributed by atoms with van der Waals surface area (Å²) in [6, 6.07) is 8.10. The minimum absolute atomic E-state index is 0.0410. The molecule has 282 valence electrons. The third kappa shape index (κ3) is 6.31. The lowest BCUT2D eigenvalue weighted by molar-refractivity contribution is -0.219. The van der Waals surface area contributed by atoms with Crippen molar-refractivity contribution < 1.29 is 19.1 Å². The molecule has 4 saturated carbocycles. The van der Waals surface area contributed by atoms with Crippen LogP contribution in [-0.4, -0.2) is 43.4 Å². The number of hydrogen-bond acceptors (Lipinski definition) is 5. The van der Waals surface area contributed by atoms with Crippen LogP contribution >= 0.6 is 0 Å². The average molecular weight is 701 g/mol. The van der Waals surface area contributed by atoms with Gasteiger partial charge in [0.1, 0.15) is 5.60 Å². The van der Waals surface area contributed by atoms with E-state index in [1.807, 2.05) is 32.9 Å². The first-order chi connectivity index (χ1) is 23.8. The minimum atomic E-state index is -0.481. The number of amides is 1. The Hall–Kier alpha value is -2.60. The standard InChI is InChI=1S/C45H68N2O4/c1-29(2)32-19-24-45(47-28-12-27-46-39(49)51-40(3,4)5)26-25-43(9)34(37(32)45)17-18-36-42(8)22-20-33(30-13-15-31(16-14-30)38(48)50-11)41(6,7)35(42)21-23-44(36,43)10/h13-16,20,32,34-37,47H,1,12,17-19,21-28H2,2-11H3,(H,46,49). The normalized spacial score (nSPS) is 38.2. The molecule has 0 heterocycles. The topological polar surface area (TPSA) is 76.7 Å². The van der Waals surface area contributed by atoms with Gasteiger partial charge in [-0.15, -0.1) is 0 Å². The van der Waals surface area contributed by atoms with Crippen LogP contribution in [0.15, 0.2) is 42.5 Å². The van der Waals surface area contributed by atoms with Gasteiger partial charge < -0.3 is 20.1 Å². The lowest BCUT2D eigenvalue weighted by atomic mass is 9.33. The molecule has 0 aromatic heterocycles. The van der Waals surface area contributed by atoms with E-state index < -0.39 is 5.60 Å². The molecule has 2 N–H and O–H groups in total. The van der Waals surface area contributed by atoms with Gasteiger partial charge in [0.15, 0.2) is 0 Å². The molecule has 0 aliphatic heterocycles. The summed E-state index contributed by atoms with van der Waals surface area (Å²) in [6.45, 7) is 27.2. The van der Waals surface area contributed by atoms with Crippen LogP contribution in [0.4, 0.5) is 4.79 Å². The molecule has 9 unspecified atom stereocenters. The summed E-state index contributed by atoms with van der Waals surface area (Å²) in [6.07, 6.45) is 14.4. The highest BCUT2D eigenvalue weighted by molar-refractivity contribution is 5.90. The Kier molecular flexibility index (Phi) is 9.99. The summed E-state index contributed by atoms with van der Waals surface area (Å²) in [7, 11) is 1.44. The summed E-state index contributed by atoms with van der Waals surface area (Å²) in [5.41, 5.74) is 5.19. The first kappa shape index (κ1) is 38.1. The van der Waals surface area contributed by atoms with Crippen LogP contribution in [0.1, 0.15) is 142 Å².